The quantitative estimate of drug-likeness (QED) is 0.523. The summed E-state index contributed by atoms with van der Waals surface area (Å²) >= 11 is 0. The molecule has 3 rings (SSSR count). The average molecular weight is 461 g/mol. The molecule has 172 valence electrons. The summed E-state index contributed by atoms with van der Waals surface area (Å²) in [5.74, 6) is -2.23. The molecule has 3 aromatic rings. The summed E-state index contributed by atoms with van der Waals surface area (Å²) in [6.45, 7) is 1.06. The van der Waals surface area contributed by atoms with Gasteiger partial charge in [0.25, 0.3) is 5.91 Å². The Labute approximate surface area is 185 Å². The van der Waals surface area contributed by atoms with E-state index in [0.717, 1.165) is 6.20 Å². The van der Waals surface area contributed by atoms with Crippen molar-refractivity contribution < 1.29 is 32.3 Å². The van der Waals surface area contributed by atoms with E-state index in [1.165, 1.54) is 37.4 Å². The Morgan fingerprint density at radius 3 is 2.42 bits per heavy atom. The molecule has 0 unspecified atom stereocenters. The summed E-state index contributed by atoms with van der Waals surface area (Å²) in [5, 5.41) is 8.63. The summed E-state index contributed by atoms with van der Waals surface area (Å²) < 4.78 is 46.0. The average Bonchev–Trinajstić information content (AvgIpc) is 3.24. The van der Waals surface area contributed by atoms with Crippen molar-refractivity contribution in [3.05, 3.63) is 71.8 Å². The maximum Gasteiger partial charge on any atom is 0.434 e. The van der Waals surface area contributed by atoms with E-state index < -0.39 is 35.2 Å². The fourth-order valence-electron chi connectivity index (χ4n) is 2.83. The zero-order valence-electron chi connectivity index (χ0n) is 17.2. The number of amides is 2. The molecule has 2 heterocycles. The molecule has 0 atom stereocenters. The highest BCUT2D eigenvalue weighted by Crippen LogP contribution is 2.34. The van der Waals surface area contributed by atoms with Crippen molar-refractivity contribution in [3.8, 4) is 5.69 Å². The lowest BCUT2D eigenvalue weighted by atomic mass is 10.2. The SMILES string of the molecule is CCOC(=O)c1cnn(-c2ccc(C(=O)NCC(=O)Nc3cccnc3)cc2)c1C(F)(F)F. The fourth-order valence-corrected chi connectivity index (χ4v) is 2.83. The van der Waals surface area contributed by atoms with E-state index in [1.54, 1.807) is 18.3 Å². The number of benzene rings is 1. The van der Waals surface area contributed by atoms with Gasteiger partial charge < -0.3 is 15.4 Å². The van der Waals surface area contributed by atoms with Crippen molar-refractivity contribution in [3.63, 3.8) is 0 Å². The van der Waals surface area contributed by atoms with Crippen LogP contribution in [0.15, 0.2) is 55.0 Å². The van der Waals surface area contributed by atoms with Crippen LogP contribution in [-0.2, 0) is 15.7 Å². The molecule has 9 nitrogen and oxygen atoms in total. The maximum atomic E-state index is 13.6. The number of carbonyl (C=O) groups is 3. The van der Waals surface area contributed by atoms with Crippen LogP contribution in [0.3, 0.4) is 0 Å². The highest BCUT2D eigenvalue weighted by molar-refractivity contribution is 5.99. The molecule has 0 saturated carbocycles. The van der Waals surface area contributed by atoms with Gasteiger partial charge in [-0.25, -0.2) is 9.48 Å². The van der Waals surface area contributed by atoms with Gasteiger partial charge in [0.1, 0.15) is 5.56 Å². The van der Waals surface area contributed by atoms with Crippen LogP contribution in [0, 0.1) is 0 Å². The number of alkyl halides is 3. The number of ether oxygens (including phenoxy) is 1. The molecule has 0 saturated heterocycles. The summed E-state index contributed by atoms with van der Waals surface area (Å²) in [4.78, 5) is 39.9. The van der Waals surface area contributed by atoms with E-state index in [-0.39, 0.29) is 24.4 Å². The third-order valence-electron chi connectivity index (χ3n) is 4.26. The van der Waals surface area contributed by atoms with Gasteiger partial charge in [-0.15, -0.1) is 0 Å². The minimum Gasteiger partial charge on any atom is -0.462 e. The van der Waals surface area contributed by atoms with Crippen LogP contribution in [-0.4, -0.2) is 45.7 Å². The van der Waals surface area contributed by atoms with Crippen molar-refractivity contribution in [2.45, 2.75) is 13.1 Å². The molecule has 0 aliphatic carbocycles. The highest BCUT2D eigenvalue weighted by atomic mass is 19.4. The van der Waals surface area contributed by atoms with Crippen LogP contribution in [0.1, 0.15) is 33.3 Å². The zero-order chi connectivity index (χ0) is 24.0. The van der Waals surface area contributed by atoms with Crippen molar-refractivity contribution in [2.24, 2.45) is 0 Å². The van der Waals surface area contributed by atoms with Gasteiger partial charge in [0.15, 0.2) is 5.69 Å². The van der Waals surface area contributed by atoms with Crippen molar-refractivity contribution in [1.82, 2.24) is 20.1 Å². The van der Waals surface area contributed by atoms with Gasteiger partial charge in [-0.2, -0.15) is 18.3 Å². The number of hydrogen-bond donors (Lipinski definition) is 2. The van der Waals surface area contributed by atoms with Crippen LogP contribution < -0.4 is 10.6 Å². The lowest BCUT2D eigenvalue weighted by Crippen LogP contribution is -2.32. The number of pyridine rings is 1. The van der Waals surface area contributed by atoms with Gasteiger partial charge in [-0.05, 0) is 43.3 Å². The standard InChI is InChI=1S/C21H18F3N5O4/c1-2-33-20(32)16-11-27-29(18(16)21(22,23)24)15-7-5-13(6-8-15)19(31)26-12-17(30)28-14-4-3-9-25-10-14/h3-11H,2,12H2,1H3,(H,26,31)(H,28,30). The summed E-state index contributed by atoms with van der Waals surface area (Å²) in [7, 11) is 0. The minimum absolute atomic E-state index is 0.0243. The molecule has 0 aliphatic heterocycles. The molecule has 0 fully saturated rings. The number of anilines is 1. The van der Waals surface area contributed by atoms with E-state index in [9.17, 15) is 27.6 Å². The largest absolute Gasteiger partial charge is 0.462 e. The summed E-state index contributed by atoms with van der Waals surface area (Å²) in [6, 6.07) is 8.28. The molecular formula is C21H18F3N5O4. The molecule has 0 radical (unpaired) electrons. The Morgan fingerprint density at radius 1 is 1.09 bits per heavy atom. The summed E-state index contributed by atoms with van der Waals surface area (Å²) in [6.07, 6.45) is -1.12. The third kappa shape index (κ3) is 5.73. The first-order valence-electron chi connectivity index (χ1n) is 9.61. The molecule has 12 heteroatoms. The predicted octanol–water partition coefficient (Wildman–Crippen LogP) is 2.83. The van der Waals surface area contributed by atoms with Crippen LogP contribution in [0.2, 0.25) is 0 Å². The topological polar surface area (TPSA) is 115 Å². The van der Waals surface area contributed by atoms with E-state index >= 15 is 0 Å². The number of carbonyl (C=O) groups excluding carboxylic acids is 3. The second kappa shape index (κ2) is 9.94. The lowest BCUT2D eigenvalue weighted by molar-refractivity contribution is -0.143. The molecule has 2 aromatic heterocycles. The van der Waals surface area contributed by atoms with Gasteiger partial charge in [0.2, 0.25) is 5.91 Å². The first-order valence-corrected chi connectivity index (χ1v) is 9.61. The number of aromatic nitrogens is 3. The van der Waals surface area contributed by atoms with E-state index in [4.69, 9.17) is 0 Å². The normalized spacial score (nSPS) is 11.0. The Kier molecular flexibility index (Phi) is 7.06. The number of nitrogens with zero attached hydrogens (tertiary/aromatic N) is 3. The van der Waals surface area contributed by atoms with E-state index in [0.29, 0.717) is 10.4 Å². The third-order valence-corrected chi connectivity index (χ3v) is 4.26. The first-order chi connectivity index (χ1) is 15.7. The van der Waals surface area contributed by atoms with Crippen LogP contribution in [0.4, 0.5) is 18.9 Å². The van der Waals surface area contributed by atoms with Crippen molar-refractivity contribution >= 4 is 23.5 Å². The van der Waals surface area contributed by atoms with Gasteiger partial charge in [-0.3, -0.25) is 14.6 Å². The molecule has 1 aromatic carbocycles. The van der Waals surface area contributed by atoms with Crippen LogP contribution in [0.25, 0.3) is 5.69 Å². The molecule has 2 N–H and O–H groups in total. The van der Waals surface area contributed by atoms with Crippen LogP contribution in [0.5, 0.6) is 0 Å². The minimum atomic E-state index is -4.88. The van der Waals surface area contributed by atoms with Gasteiger partial charge >= 0.3 is 12.1 Å². The molecule has 0 aliphatic rings. The fraction of sp³-hybridized carbons (Fsp3) is 0.190. The Balaban J connectivity index is 1.71. The second-order valence-electron chi connectivity index (χ2n) is 6.56. The van der Waals surface area contributed by atoms with Gasteiger partial charge in [0.05, 0.1) is 36.9 Å². The van der Waals surface area contributed by atoms with Gasteiger partial charge in [0, 0.05) is 11.8 Å². The van der Waals surface area contributed by atoms with E-state index in [1.807, 2.05) is 0 Å². The van der Waals surface area contributed by atoms with Gasteiger partial charge in [-0.1, -0.05) is 0 Å². The summed E-state index contributed by atoms with van der Waals surface area (Å²) in [5.41, 5.74) is -1.46. The highest BCUT2D eigenvalue weighted by Gasteiger charge is 2.41. The smallest absolute Gasteiger partial charge is 0.434 e. The molecule has 0 spiro atoms. The molecule has 0 bridgehead atoms. The monoisotopic (exact) mass is 461 g/mol. The Bertz CT molecular complexity index is 1140. The zero-order valence-corrected chi connectivity index (χ0v) is 17.2. The molecular weight excluding hydrogens is 443 g/mol. The van der Waals surface area contributed by atoms with Crippen molar-refractivity contribution in [2.75, 3.05) is 18.5 Å². The molecule has 2 amide bonds. The maximum absolute atomic E-state index is 13.6. The van der Waals surface area contributed by atoms with Crippen molar-refractivity contribution in [1.29, 1.82) is 0 Å². The Morgan fingerprint density at radius 2 is 1.82 bits per heavy atom. The second-order valence-corrected chi connectivity index (χ2v) is 6.56. The number of halogens is 3. The van der Waals surface area contributed by atoms with Crippen LogP contribution >= 0.6 is 0 Å². The molecule has 33 heavy (non-hydrogen) atoms. The first kappa shape index (κ1) is 23.4. The number of rotatable bonds is 7. The van der Waals surface area contributed by atoms with E-state index in [2.05, 4.69) is 25.5 Å². The lowest BCUT2D eigenvalue weighted by Gasteiger charge is -2.13. The predicted molar refractivity (Wildman–Crippen MR) is 110 cm³/mol. The Hall–Kier alpha value is -4.22. The number of hydrogen-bond acceptors (Lipinski definition) is 6. The number of nitrogens with one attached hydrogen (secondary N) is 2. The number of esters is 1.